The van der Waals surface area contributed by atoms with Crippen LogP contribution in [0.25, 0.3) is 0 Å². The van der Waals surface area contributed by atoms with E-state index in [4.69, 9.17) is 11.5 Å². The van der Waals surface area contributed by atoms with Gasteiger partial charge < -0.3 is 22.1 Å². The van der Waals surface area contributed by atoms with E-state index < -0.39 is 6.04 Å². The predicted molar refractivity (Wildman–Crippen MR) is 98.6 cm³/mol. The van der Waals surface area contributed by atoms with Crippen molar-refractivity contribution in [2.75, 3.05) is 6.54 Å². The normalized spacial score (nSPS) is 13.5. The average molecular weight is 339 g/mol. The Morgan fingerprint density at radius 1 is 1.17 bits per heavy atom. The van der Waals surface area contributed by atoms with E-state index in [1.165, 1.54) is 0 Å². The molecule has 0 spiro atoms. The first-order valence-corrected chi connectivity index (χ1v) is 8.37. The van der Waals surface area contributed by atoms with E-state index in [2.05, 4.69) is 22.2 Å². The van der Waals surface area contributed by atoms with Crippen LogP contribution in [0, 0.1) is 5.92 Å². The second-order valence-corrected chi connectivity index (χ2v) is 6.70. The van der Waals surface area contributed by atoms with Crippen LogP contribution in [-0.4, -0.2) is 42.3 Å². The second kappa shape index (κ2) is 10.8. The molecule has 0 aliphatic carbocycles. The van der Waals surface area contributed by atoms with Crippen molar-refractivity contribution in [3.8, 4) is 0 Å². The van der Waals surface area contributed by atoms with Gasteiger partial charge in [0.1, 0.15) is 0 Å². The zero-order chi connectivity index (χ0) is 18.9. The molecular weight excluding hydrogens is 306 g/mol. The lowest BCUT2D eigenvalue weighted by Gasteiger charge is -2.26. The highest BCUT2D eigenvalue weighted by molar-refractivity contribution is 6.00. The molecule has 1 amide bonds. The van der Waals surface area contributed by atoms with Gasteiger partial charge in [-0.05, 0) is 31.3 Å². The first kappa shape index (κ1) is 22.1. The van der Waals surface area contributed by atoms with E-state index in [9.17, 15) is 9.59 Å². The molecule has 0 bridgehead atoms. The molecule has 0 saturated carbocycles. The molecule has 0 radical (unpaired) electrons. The van der Waals surface area contributed by atoms with Gasteiger partial charge in [0.05, 0.1) is 12.1 Å². The summed E-state index contributed by atoms with van der Waals surface area (Å²) in [6, 6.07) is -0.803. The van der Waals surface area contributed by atoms with Crippen LogP contribution in [-0.2, 0) is 9.59 Å². The van der Waals surface area contributed by atoms with Crippen LogP contribution >= 0.6 is 0 Å². The Labute approximate surface area is 145 Å². The molecule has 24 heavy (non-hydrogen) atoms. The molecule has 0 aliphatic heterocycles. The maximum atomic E-state index is 12.6. The van der Waals surface area contributed by atoms with Crippen molar-refractivity contribution < 1.29 is 9.59 Å². The molecule has 0 heterocycles. The lowest BCUT2D eigenvalue weighted by molar-refractivity contribution is -0.128. The summed E-state index contributed by atoms with van der Waals surface area (Å²) in [7, 11) is 0. The molecule has 6 N–H and O–H groups in total. The molecule has 7 heteroatoms. The van der Waals surface area contributed by atoms with Crippen LogP contribution in [0.5, 0.6) is 0 Å². The maximum absolute atomic E-state index is 12.6. The Hall–Kier alpha value is -1.89. The number of guanidine groups is 1. The smallest absolute Gasteiger partial charge is 0.238 e. The number of nitrogens with one attached hydrogen (secondary N) is 2. The second-order valence-electron chi connectivity index (χ2n) is 6.70. The van der Waals surface area contributed by atoms with Crippen molar-refractivity contribution in [2.24, 2.45) is 22.4 Å². The number of hydrogen-bond donors (Lipinski definition) is 4. The third kappa shape index (κ3) is 8.67. The number of nitrogens with zero attached hydrogens (tertiary/aromatic N) is 1. The van der Waals surface area contributed by atoms with Crippen LogP contribution in [0.4, 0.5) is 0 Å². The van der Waals surface area contributed by atoms with Crippen LogP contribution in [0.15, 0.2) is 17.1 Å². The average Bonchev–Trinajstić information content (AvgIpc) is 2.45. The third-order valence-corrected chi connectivity index (χ3v) is 3.46. The monoisotopic (exact) mass is 339 g/mol. The number of nitrogens with two attached hydrogens (primary N) is 2. The van der Waals surface area contributed by atoms with Gasteiger partial charge in [0.25, 0.3) is 0 Å². The summed E-state index contributed by atoms with van der Waals surface area (Å²) in [6.07, 6.45) is 1.05. The standard InChI is InChI=1S/C17H33N5O2/c1-10(2)14(21-12(5)6)16(24)22-13(15(23)11(3)4)8-7-9-20-17(18)19/h10,12-14,21H,3,7-9H2,1-2,4-6H3,(H,22,24)(H4,18,19,20)/t13-,14-/m0/s1. The molecule has 0 unspecified atom stereocenters. The van der Waals surface area contributed by atoms with E-state index in [-0.39, 0.29) is 35.7 Å². The van der Waals surface area contributed by atoms with Crippen molar-refractivity contribution >= 4 is 17.6 Å². The molecule has 0 aromatic heterocycles. The minimum atomic E-state index is -0.612. The molecule has 0 saturated heterocycles. The minimum Gasteiger partial charge on any atom is -0.370 e. The highest BCUT2D eigenvalue weighted by Crippen LogP contribution is 2.08. The van der Waals surface area contributed by atoms with Crippen LogP contribution in [0.2, 0.25) is 0 Å². The summed E-state index contributed by atoms with van der Waals surface area (Å²) in [6.45, 7) is 13.6. The summed E-state index contributed by atoms with van der Waals surface area (Å²) >= 11 is 0. The predicted octanol–water partition coefficient (Wildman–Crippen LogP) is 0.693. The number of Topliss-reactive ketones (excluding diaryl/α,β-unsaturated/α-hetero) is 1. The largest absolute Gasteiger partial charge is 0.370 e. The van der Waals surface area contributed by atoms with Gasteiger partial charge in [0.15, 0.2) is 11.7 Å². The zero-order valence-electron chi connectivity index (χ0n) is 15.6. The molecule has 0 rings (SSSR count). The van der Waals surface area contributed by atoms with Gasteiger partial charge >= 0.3 is 0 Å². The topological polar surface area (TPSA) is 123 Å². The van der Waals surface area contributed by atoms with Crippen LogP contribution < -0.4 is 22.1 Å². The van der Waals surface area contributed by atoms with Crippen molar-refractivity contribution in [3.63, 3.8) is 0 Å². The van der Waals surface area contributed by atoms with Gasteiger partial charge in [-0.1, -0.05) is 34.3 Å². The van der Waals surface area contributed by atoms with Gasteiger partial charge in [-0.3, -0.25) is 14.6 Å². The van der Waals surface area contributed by atoms with E-state index >= 15 is 0 Å². The van der Waals surface area contributed by atoms with Crippen molar-refractivity contribution in [1.29, 1.82) is 0 Å². The number of rotatable bonds is 11. The third-order valence-electron chi connectivity index (χ3n) is 3.46. The number of ketones is 1. The Bertz CT molecular complexity index is 468. The number of hydrogen-bond acceptors (Lipinski definition) is 4. The lowest BCUT2D eigenvalue weighted by Crippen LogP contribution is -2.53. The van der Waals surface area contributed by atoms with E-state index in [0.717, 1.165) is 0 Å². The minimum absolute atomic E-state index is 0.0165. The number of amides is 1. The Balaban J connectivity index is 4.95. The Morgan fingerprint density at radius 2 is 1.75 bits per heavy atom. The molecule has 138 valence electrons. The molecule has 2 atom stereocenters. The molecule has 0 fully saturated rings. The van der Waals surface area contributed by atoms with Gasteiger partial charge in [-0.25, -0.2) is 0 Å². The van der Waals surface area contributed by atoms with Gasteiger partial charge in [-0.2, -0.15) is 0 Å². The first-order chi connectivity index (χ1) is 11.1. The molecule has 0 aliphatic rings. The zero-order valence-corrected chi connectivity index (χ0v) is 15.6. The quantitative estimate of drug-likeness (QED) is 0.191. The summed E-state index contributed by atoms with van der Waals surface area (Å²) < 4.78 is 0. The van der Waals surface area contributed by atoms with Crippen molar-refractivity contribution in [3.05, 3.63) is 12.2 Å². The highest BCUT2D eigenvalue weighted by atomic mass is 16.2. The van der Waals surface area contributed by atoms with E-state index in [1.807, 2.05) is 27.7 Å². The highest BCUT2D eigenvalue weighted by Gasteiger charge is 2.27. The molecule has 0 aromatic carbocycles. The first-order valence-electron chi connectivity index (χ1n) is 8.37. The molecular formula is C17H33N5O2. The Morgan fingerprint density at radius 3 is 2.17 bits per heavy atom. The Kier molecular flexibility index (Phi) is 9.95. The lowest BCUT2D eigenvalue weighted by atomic mass is 9.98. The van der Waals surface area contributed by atoms with Gasteiger partial charge in [-0.15, -0.1) is 0 Å². The molecule has 7 nitrogen and oxygen atoms in total. The molecule has 0 aromatic rings. The summed E-state index contributed by atoms with van der Waals surface area (Å²) in [4.78, 5) is 28.8. The van der Waals surface area contributed by atoms with Crippen molar-refractivity contribution in [2.45, 2.75) is 65.6 Å². The number of carbonyl (C=O) groups is 2. The van der Waals surface area contributed by atoms with E-state index in [0.29, 0.717) is 25.0 Å². The summed E-state index contributed by atoms with van der Waals surface area (Å²) in [5, 5.41) is 6.08. The fourth-order valence-corrected chi connectivity index (χ4v) is 2.26. The fraction of sp³-hybridized carbons (Fsp3) is 0.706. The fourth-order valence-electron chi connectivity index (χ4n) is 2.26. The van der Waals surface area contributed by atoms with Gasteiger partial charge in [0.2, 0.25) is 5.91 Å². The van der Waals surface area contributed by atoms with Crippen LogP contribution in [0.3, 0.4) is 0 Å². The SMILES string of the molecule is C=C(C)C(=O)[C@H](CCCN=C(N)N)NC(=O)[C@@H](NC(C)C)C(C)C. The number of aliphatic imine (C=N–C) groups is 1. The summed E-state index contributed by atoms with van der Waals surface area (Å²) in [5.74, 6) is -0.224. The van der Waals surface area contributed by atoms with Crippen LogP contribution in [0.1, 0.15) is 47.5 Å². The van der Waals surface area contributed by atoms with Gasteiger partial charge in [0, 0.05) is 12.6 Å². The van der Waals surface area contributed by atoms with Crippen molar-refractivity contribution in [1.82, 2.24) is 10.6 Å². The van der Waals surface area contributed by atoms with E-state index in [1.54, 1.807) is 6.92 Å². The maximum Gasteiger partial charge on any atom is 0.238 e. The number of carbonyl (C=O) groups excluding carboxylic acids is 2. The summed E-state index contributed by atoms with van der Waals surface area (Å²) in [5.41, 5.74) is 11.0.